The second-order valence-corrected chi connectivity index (χ2v) is 3.95. The van der Waals surface area contributed by atoms with E-state index >= 15 is 0 Å². The molecule has 1 aliphatic rings. The first-order valence-electron chi connectivity index (χ1n) is 5.39. The molecule has 0 amide bonds. The van der Waals surface area contributed by atoms with E-state index in [0.717, 1.165) is 12.2 Å². The van der Waals surface area contributed by atoms with Crippen LogP contribution in [0.25, 0.3) is 0 Å². The van der Waals surface area contributed by atoms with Gasteiger partial charge in [-0.25, -0.2) is 0 Å². The molecule has 0 bridgehead atoms. The fourth-order valence-electron chi connectivity index (χ4n) is 1.90. The first kappa shape index (κ1) is 9.59. The first-order valence-corrected chi connectivity index (χ1v) is 5.39. The number of nitrogens with one attached hydrogen (secondary N) is 1. The monoisotopic (exact) mass is 191 g/mol. The molecule has 14 heavy (non-hydrogen) atoms. The lowest BCUT2D eigenvalue weighted by molar-refractivity contribution is 0.287. The van der Waals surface area contributed by atoms with Crippen molar-refractivity contribution in [3.63, 3.8) is 0 Å². The molecule has 1 aromatic heterocycles. The molecule has 1 heterocycles. The van der Waals surface area contributed by atoms with E-state index in [9.17, 15) is 0 Å². The summed E-state index contributed by atoms with van der Waals surface area (Å²) in [5, 5.41) is 3.52. The molecule has 1 fully saturated rings. The van der Waals surface area contributed by atoms with Crippen LogP contribution < -0.4 is 5.32 Å². The molecule has 3 heteroatoms. The molecule has 76 valence electrons. The normalized spacial score (nSPS) is 25.8. The quantitative estimate of drug-likeness (QED) is 0.787. The van der Waals surface area contributed by atoms with Gasteiger partial charge in [-0.1, -0.05) is 6.92 Å². The summed E-state index contributed by atoms with van der Waals surface area (Å²) in [4.78, 5) is 8.42. The lowest BCUT2D eigenvalue weighted by Gasteiger charge is -2.35. The van der Waals surface area contributed by atoms with E-state index in [0.29, 0.717) is 12.0 Å². The van der Waals surface area contributed by atoms with Gasteiger partial charge in [0.05, 0.1) is 5.69 Å². The van der Waals surface area contributed by atoms with Gasteiger partial charge in [-0.2, -0.15) is 0 Å². The van der Waals surface area contributed by atoms with Crippen LogP contribution in [0.5, 0.6) is 0 Å². The number of aromatic nitrogens is 2. The second kappa shape index (κ2) is 4.51. The Morgan fingerprint density at radius 3 is 2.93 bits per heavy atom. The van der Waals surface area contributed by atoms with E-state index in [1.54, 1.807) is 12.4 Å². The Morgan fingerprint density at radius 2 is 2.29 bits per heavy atom. The topological polar surface area (TPSA) is 37.8 Å². The third-order valence-corrected chi connectivity index (χ3v) is 2.82. The summed E-state index contributed by atoms with van der Waals surface area (Å²) in [6.45, 7) is 3.34. The van der Waals surface area contributed by atoms with Crippen molar-refractivity contribution in [2.24, 2.45) is 0 Å². The summed E-state index contributed by atoms with van der Waals surface area (Å²) in [5.41, 5.74) is 1.15. The standard InChI is InChI=1S/C11H17N3/c1-2-3-13-10-6-9(7-10)11-8-12-4-5-14-11/h4-5,8-10,13H,2-3,6-7H2,1H3. The smallest absolute Gasteiger partial charge is 0.0618 e. The average molecular weight is 191 g/mol. The second-order valence-electron chi connectivity index (χ2n) is 3.95. The Labute approximate surface area is 85.0 Å². The van der Waals surface area contributed by atoms with Crippen LogP contribution in [0.2, 0.25) is 0 Å². The summed E-state index contributed by atoms with van der Waals surface area (Å²) in [7, 11) is 0. The first-order chi connectivity index (χ1) is 6.90. The Morgan fingerprint density at radius 1 is 1.43 bits per heavy atom. The van der Waals surface area contributed by atoms with Crippen LogP contribution in [0, 0.1) is 0 Å². The zero-order valence-corrected chi connectivity index (χ0v) is 8.61. The highest BCUT2D eigenvalue weighted by atomic mass is 14.9. The third-order valence-electron chi connectivity index (χ3n) is 2.82. The van der Waals surface area contributed by atoms with Gasteiger partial charge in [0.1, 0.15) is 0 Å². The molecule has 0 atom stereocenters. The van der Waals surface area contributed by atoms with Crippen molar-refractivity contribution in [1.29, 1.82) is 0 Å². The Balaban J connectivity index is 1.78. The number of rotatable bonds is 4. The summed E-state index contributed by atoms with van der Waals surface area (Å²) in [5.74, 6) is 0.637. The van der Waals surface area contributed by atoms with Gasteiger partial charge in [-0.05, 0) is 25.8 Å². The van der Waals surface area contributed by atoms with Crippen molar-refractivity contribution in [3.8, 4) is 0 Å². The molecule has 1 aromatic rings. The summed E-state index contributed by atoms with van der Waals surface area (Å²) >= 11 is 0. The maximum atomic E-state index is 4.33. The van der Waals surface area contributed by atoms with Crippen molar-refractivity contribution in [3.05, 3.63) is 24.3 Å². The summed E-state index contributed by atoms with van der Waals surface area (Å²) < 4.78 is 0. The van der Waals surface area contributed by atoms with E-state index in [1.165, 1.54) is 19.3 Å². The molecule has 0 aliphatic heterocycles. The van der Waals surface area contributed by atoms with Crippen LogP contribution in [0.4, 0.5) is 0 Å². The molecular weight excluding hydrogens is 174 g/mol. The fourth-order valence-corrected chi connectivity index (χ4v) is 1.90. The molecule has 0 aromatic carbocycles. The van der Waals surface area contributed by atoms with Gasteiger partial charge in [0.25, 0.3) is 0 Å². The number of hydrogen-bond donors (Lipinski definition) is 1. The predicted octanol–water partition coefficient (Wildman–Crippen LogP) is 1.72. The van der Waals surface area contributed by atoms with Crippen LogP contribution in [-0.2, 0) is 0 Å². The maximum Gasteiger partial charge on any atom is 0.0618 e. The third kappa shape index (κ3) is 2.10. The van der Waals surface area contributed by atoms with Gasteiger partial charge in [0, 0.05) is 30.6 Å². The zero-order chi connectivity index (χ0) is 9.80. The highest BCUT2D eigenvalue weighted by Gasteiger charge is 2.30. The van der Waals surface area contributed by atoms with Gasteiger partial charge in [0.15, 0.2) is 0 Å². The Bertz CT molecular complexity index is 267. The molecule has 1 saturated carbocycles. The van der Waals surface area contributed by atoms with E-state index in [4.69, 9.17) is 0 Å². The molecule has 0 spiro atoms. The molecule has 3 nitrogen and oxygen atoms in total. The van der Waals surface area contributed by atoms with Crippen molar-refractivity contribution in [2.75, 3.05) is 6.54 Å². The van der Waals surface area contributed by atoms with Crippen LogP contribution in [-0.4, -0.2) is 22.6 Å². The molecule has 0 saturated heterocycles. The van der Waals surface area contributed by atoms with Crippen molar-refractivity contribution in [2.45, 2.75) is 38.1 Å². The van der Waals surface area contributed by atoms with Crippen LogP contribution in [0.15, 0.2) is 18.6 Å². The van der Waals surface area contributed by atoms with E-state index < -0.39 is 0 Å². The molecule has 2 rings (SSSR count). The molecule has 0 unspecified atom stereocenters. The number of hydrogen-bond acceptors (Lipinski definition) is 3. The van der Waals surface area contributed by atoms with Gasteiger partial charge < -0.3 is 5.32 Å². The minimum atomic E-state index is 0.637. The minimum absolute atomic E-state index is 0.637. The average Bonchev–Trinajstić information content (AvgIpc) is 2.17. The van der Waals surface area contributed by atoms with Crippen LogP contribution >= 0.6 is 0 Å². The largest absolute Gasteiger partial charge is 0.314 e. The lowest BCUT2D eigenvalue weighted by atomic mass is 9.78. The van der Waals surface area contributed by atoms with Crippen molar-refractivity contribution < 1.29 is 0 Å². The molecule has 1 aliphatic carbocycles. The Hall–Kier alpha value is -0.960. The van der Waals surface area contributed by atoms with Crippen molar-refractivity contribution in [1.82, 2.24) is 15.3 Å². The fraction of sp³-hybridized carbons (Fsp3) is 0.636. The molecule has 1 N–H and O–H groups in total. The zero-order valence-electron chi connectivity index (χ0n) is 8.61. The van der Waals surface area contributed by atoms with E-state index in [1.807, 2.05) is 6.20 Å². The highest BCUT2D eigenvalue weighted by molar-refractivity contribution is 5.10. The van der Waals surface area contributed by atoms with Gasteiger partial charge in [-0.15, -0.1) is 0 Å². The summed E-state index contributed by atoms with van der Waals surface area (Å²) in [6.07, 6.45) is 9.06. The number of nitrogens with zero attached hydrogens (tertiary/aromatic N) is 2. The predicted molar refractivity (Wildman–Crippen MR) is 56.1 cm³/mol. The van der Waals surface area contributed by atoms with E-state index in [-0.39, 0.29) is 0 Å². The SMILES string of the molecule is CCCNC1CC(c2cnccn2)C1. The lowest BCUT2D eigenvalue weighted by Crippen LogP contribution is -2.40. The van der Waals surface area contributed by atoms with Gasteiger partial charge >= 0.3 is 0 Å². The van der Waals surface area contributed by atoms with E-state index in [2.05, 4.69) is 22.2 Å². The van der Waals surface area contributed by atoms with Crippen LogP contribution in [0.3, 0.4) is 0 Å². The van der Waals surface area contributed by atoms with Crippen molar-refractivity contribution >= 4 is 0 Å². The molecular formula is C11H17N3. The van der Waals surface area contributed by atoms with Gasteiger partial charge in [-0.3, -0.25) is 9.97 Å². The van der Waals surface area contributed by atoms with Gasteiger partial charge in [0.2, 0.25) is 0 Å². The minimum Gasteiger partial charge on any atom is -0.314 e. The highest BCUT2D eigenvalue weighted by Crippen LogP contribution is 2.35. The Kier molecular flexibility index (Phi) is 3.09. The molecule has 0 radical (unpaired) electrons. The summed E-state index contributed by atoms with van der Waals surface area (Å²) in [6, 6.07) is 0.710. The maximum absolute atomic E-state index is 4.33. The van der Waals surface area contributed by atoms with Crippen LogP contribution in [0.1, 0.15) is 37.8 Å².